The molecular weight excluding hydrogens is 607 g/mol. The van der Waals surface area contributed by atoms with E-state index in [9.17, 15) is 23.7 Å². The number of ether oxygens (including phenoxy) is 1. The van der Waals surface area contributed by atoms with Crippen molar-refractivity contribution in [2.24, 2.45) is 0 Å². The molecule has 0 N–H and O–H groups in total. The Morgan fingerprint density at radius 2 is 1.20 bits per heavy atom. The molecule has 1 heterocycles. The largest absolute Gasteiger partial charge is 0.460 e. The van der Waals surface area contributed by atoms with E-state index in [4.69, 9.17) is 9.26 Å². The summed E-state index contributed by atoms with van der Waals surface area (Å²) in [4.78, 5) is 54.5. The Bertz CT molecular complexity index is 2020. The summed E-state index contributed by atoms with van der Waals surface area (Å²) in [5.41, 5.74) is 2.51. The minimum absolute atomic E-state index is 0.0895. The summed E-state index contributed by atoms with van der Waals surface area (Å²) in [6, 6.07) is 19.3. The fraction of sp³-hybridized carbons (Fsp3) is 0.222. The van der Waals surface area contributed by atoms with Crippen LogP contribution < -0.4 is 5.43 Å². The molecule has 1 aromatic heterocycles. The zero-order valence-corrected chi connectivity index (χ0v) is 27.7. The molecule has 230 valence electrons. The van der Waals surface area contributed by atoms with Gasteiger partial charge in [-0.1, -0.05) is 53.6 Å². The van der Waals surface area contributed by atoms with Crippen molar-refractivity contribution in [3.05, 3.63) is 127 Å². The maximum Gasteiger partial charge on any atom is 0.340 e. The first kappa shape index (κ1) is 32.2. The number of hydrogen-bond acceptors (Lipinski definition) is 8. The van der Waals surface area contributed by atoms with Crippen LogP contribution in [0.25, 0.3) is 20.2 Å². The van der Waals surface area contributed by atoms with Gasteiger partial charge in [-0.15, -0.1) is 11.3 Å². The summed E-state index contributed by atoms with van der Waals surface area (Å²) in [6.45, 7) is 9.80. The van der Waals surface area contributed by atoms with E-state index in [0.717, 1.165) is 15.8 Å². The minimum Gasteiger partial charge on any atom is -0.460 e. The lowest BCUT2D eigenvalue weighted by atomic mass is 10.0. The molecule has 0 unspecified atom stereocenters. The number of carbonyl (C=O) groups is 3. The number of esters is 1. The molecule has 0 saturated carbocycles. The molecule has 45 heavy (non-hydrogen) atoms. The molecular formula is C36H33O7PS. The lowest BCUT2D eigenvalue weighted by molar-refractivity contribution is 0.0453. The van der Waals surface area contributed by atoms with Gasteiger partial charge in [-0.25, -0.2) is 4.79 Å². The molecule has 0 aliphatic carbocycles. The second-order valence-electron chi connectivity index (χ2n) is 11.3. The van der Waals surface area contributed by atoms with Crippen LogP contribution in [0.4, 0.5) is 0 Å². The van der Waals surface area contributed by atoms with Gasteiger partial charge >= 0.3 is 13.3 Å². The van der Waals surface area contributed by atoms with Gasteiger partial charge in [0.15, 0.2) is 5.43 Å². The van der Waals surface area contributed by atoms with Gasteiger partial charge in [0.05, 0.1) is 17.6 Å². The van der Waals surface area contributed by atoms with Crippen molar-refractivity contribution >= 4 is 55.9 Å². The first-order valence-electron chi connectivity index (χ1n) is 14.4. The van der Waals surface area contributed by atoms with E-state index in [1.807, 2.05) is 26.0 Å². The Morgan fingerprint density at radius 1 is 0.689 bits per heavy atom. The van der Waals surface area contributed by atoms with Gasteiger partial charge in [-0.2, -0.15) is 0 Å². The molecule has 0 fully saturated rings. The van der Waals surface area contributed by atoms with Crippen LogP contribution in [-0.2, 0) is 13.8 Å². The molecule has 4 aromatic carbocycles. The normalized spacial score (nSPS) is 11.6. The monoisotopic (exact) mass is 640 g/mol. The first-order chi connectivity index (χ1) is 21.3. The van der Waals surface area contributed by atoms with Crippen molar-refractivity contribution in [3.63, 3.8) is 0 Å². The van der Waals surface area contributed by atoms with Crippen LogP contribution in [0.2, 0.25) is 0 Å². The molecule has 0 bridgehead atoms. The first-order valence-corrected chi connectivity index (χ1v) is 16.9. The van der Waals surface area contributed by atoms with Crippen molar-refractivity contribution in [2.75, 3.05) is 13.2 Å². The SMILES string of the molecule is Cc1cc(C)c(C(=O)P(=O)(OCCOC(=O)c2cccc3sc4ccccc4c(=O)c23)C(=O)c2c(C)cc(C)cc2C)c(C)c1. The molecule has 0 aliphatic rings. The van der Waals surface area contributed by atoms with Crippen molar-refractivity contribution in [1.29, 1.82) is 0 Å². The number of carbonyl (C=O) groups excluding carboxylic acids is 3. The lowest BCUT2D eigenvalue weighted by Crippen LogP contribution is -2.19. The van der Waals surface area contributed by atoms with E-state index in [1.165, 1.54) is 17.4 Å². The van der Waals surface area contributed by atoms with Crippen molar-refractivity contribution in [3.8, 4) is 0 Å². The molecule has 7 nitrogen and oxygen atoms in total. The number of hydrogen-bond donors (Lipinski definition) is 0. The molecule has 0 radical (unpaired) electrons. The molecule has 0 amide bonds. The number of aryl methyl sites for hydroxylation is 6. The molecule has 0 spiro atoms. The maximum atomic E-state index is 14.5. The Kier molecular flexibility index (Phi) is 9.04. The zero-order chi connectivity index (χ0) is 32.6. The van der Waals surface area contributed by atoms with Gasteiger partial charge in [-0.3, -0.25) is 18.9 Å². The van der Waals surface area contributed by atoms with E-state index in [-0.39, 0.29) is 27.5 Å². The second kappa shape index (κ2) is 12.6. The van der Waals surface area contributed by atoms with Gasteiger partial charge in [-0.05, 0) is 88.1 Å². The van der Waals surface area contributed by atoms with E-state index in [1.54, 1.807) is 76.2 Å². The molecule has 0 saturated heterocycles. The van der Waals surface area contributed by atoms with Crippen molar-refractivity contribution in [1.82, 2.24) is 0 Å². The van der Waals surface area contributed by atoms with Gasteiger partial charge in [0, 0.05) is 25.9 Å². The molecule has 0 atom stereocenters. The Labute approximate surface area is 265 Å². The highest BCUT2D eigenvalue weighted by Crippen LogP contribution is 2.54. The third-order valence-electron chi connectivity index (χ3n) is 7.73. The topological polar surface area (TPSA) is 104 Å². The summed E-state index contributed by atoms with van der Waals surface area (Å²) in [7, 11) is -4.71. The average molecular weight is 641 g/mol. The lowest BCUT2D eigenvalue weighted by Gasteiger charge is -2.21. The van der Waals surface area contributed by atoms with Crippen molar-refractivity contribution < 1.29 is 28.2 Å². The van der Waals surface area contributed by atoms with Gasteiger partial charge in [0.1, 0.15) is 6.61 Å². The maximum absolute atomic E-state index is 14.5. The molecule has 5 rings (SSSR count). The van der Waals surface area contributed by atoms with Crippen LogP contribution in [0.1, 0.15) is 64.5 Å². The smallest absolute Gasteiger partial charge is 0.340 e. The number of benzene rings is 4. The second-order valence-corrected chi connectivity index (χ2v) is 14.5. The Morgan fingerprint density at radius 3 is 1.76 bits per heavy atom. The van der Waals surface area contributed by atoms with Crippen LogP contribution in [0, 0.1) is 41.5 Å². The van der Waals surface area contributed by atoms with Crippen LogP contribution in [0.5, 0.6) is 0 Å². The summed E-state index contributed by atoms with van der Waals surface area (Å²) >= 11 is 1.39. The van der Waals surface area contributed by atoms with E-state index < -0.39 is 37.6 Å². The fourth-order valence-electron chi connectivity index (χ4n) is 5.93. The summed E-state index contributed by atoms with van der Waals surface area (Å²) in [5, 5.41) is 0.749. The minimum atomic E-state index is -4.71. The summed E-state index contributed by atoms with van der Waals surface area (Å²) in [5.74, 6) is -0.772. The predicted octanol–water partition coefficient (Wildman–Crippen LogP) is 8.40. The highest BCUT2D eigenvalue weighted by Gasteiger charge is 2.45. The number of rotatable bonds is 9. The third kappa shape index (κ3) is 6.06. The Balaban J connectivity index is 1.45. The fourth-order valence-corrected chi connectivity index (χ4v) is 9.08. The Hall–Kier alpha value is -4.23. The van der Waals surface area contributed by atoms with Gasteiger partial charge in [0.25, 0.3) is 11.0 Å². The van der Waals surface area contributed by atoms with E-state index in [0.29, 0.717) is 32.3 Å². The average Bonchev–Trinajstić information content (AvgIpc) is 2.97. The molecule has 5 aromatic rings. The third-order valence-corrected chi connectivity index (χ3v) is 10.9. The van der Waals surface area contributed by atoms with Crippen LogP contribution in [0.15, 0.2) is 71.5 Å². The van der Waals surface area contributed by atoms with E-state index >= 15 is 0 Å². The van der Waals surface area contributed by atoms with Crippen LogP contribution in [-0.4, -0.2) is 30.2 Å². The quantitative estimate of drug-likeness (QED) is 0.0690. The zero-order valence-electron chi connectivity index (χ0n) is 26.0. The van der Waals surface area contributed by atoms with Gasteiger partial charge < -0.3 is 9.26 Å². The standard InChI is InChI=1S/C36H33O7PS/c1-20-16-22(3)30(23(4)17-20)35(39)44(41,36(40)31-24(5)18-21(2)19-25(31)6)43-15-14-42-34(38)27-11-9-13-29-32(27)33(37)26-10-7-8-12-28(26)45-29/h7-13,16-19H,14-15H2,1-6H3. The van der Waals surface area contributed by atoms with Gasteiger partial charge in [0.2, 0.25) is 0 Å². The van der Waals surface area contributed by atoms with Crippen molar-refractivity contribution in [2.45, 2.75) is 41.5 Å². The van der Waals surface area contributed by atoms with Crippen LogP contribution in [0.3, 0.4) is 0 Å². The van der Waals surface area contributed by atoms with Crippen LogP contribution >= 0.6 is 18.7 Å². The summed E-state index contributed by atoms with van der Waals surface area (Å²) < 4.78 is 27.2. The summed E-state index contributed by atoms with van der Waals surface area (Å²) in [6.07, 6.45) is 0. The highest BCUT2D eigenvalue weighted by atomic mass is 32.1. The molecule has 9 heteroatoms. The predicted molar refractivity (Wildman–Crippen MR) is 179 cm³/mol. The molecule has 0 aliphatic heterocycles. The highest BCUT2D eigenvalue weighted by molar-refractivity contribution is 7.91. The van der Waals surface area contributed by atoms with E-state index in [2.05, 4.69) is 0 Å². The number of fused-ring (bicyclic) bond motifs is 2.